The predicted molar refractivity (Wildman–Crippen MR) is 54.1 cm³/mol. The Morgan fingerprint density at radius 1 is 1.50 bits per heavy atom. The fraction of sp³-hybridized carbons (Fsp3) is 0.400. The van der Waals surface area contributed by atoms with Gasteiger partial charge >= 0.3 is 0 Å². The first-order valence-corrected chi connectivity index (χ1v) is 4.89. The second-order valence-corrected chi connectivity index (χ2v) is 3.73. The van der Waals surface area contributed by atoms with Crippen LogP contribution in [0.2, 0.25) is 0 Å². The zero-order chi connectivity index (χ0) is 9.14. The van der Waals surface area contributed by atoms with Crippen molar-refractivity contribution in [3.63, 3.8) is 0 Å². The molecular weight excluding hydrogens is 216 g/mol. The zero-order valence-corrected chi connectivity index (χ0v) is 8.93. The van der Waals surface area contributed by atoms with Crippen LogP contribution in [0.4, 0.5) is 0 Å². The zero-order valence-electron chi connectivity index (χ0n) is 7.34. The van der Waals surface area contributed by atoms with E-state index in [9.17, 15) is 5.11 Å². The van der Waals surface area contributed by atoms with E-state index in [1.54, 1.807) is 0 Å². The molecule has 0 saturated carbocycles. The van der Waals surface area contributed by atoms with Crippen molar-refractivity contribution in [3.05, 3.63) is 33.8 Å². The van der Waals surface area contributed by atoms with Crippen LogP contribution >= 0.6 is 15.9 Å². The summed E-state index contributed by atoms with van der Waals surface area (Å²) in [4.78, 5) is 0. The quantitative estimate of drug-likeness (QED) is 0.825. The van der Waals surface area contributed by atoms with E-state index in [1.807, 2.05) is 32.0 Å². The highest BCUT2D eigenvalue weighted by atomic mass is 79.9. The van der Waals surface area contributed by atoms with Gasteiger partial charge in [0, 0.05) is 4.47 Å². The first-order valence-electron chi connectivity index (χ1n) is 4.10. The average molecular weight is 229 g/mol. The Hall–Kier alpha value is -0.340. The third-order valence-electron chi connectivity index (χ3n) is 2.06. The first kappa shape index (κ1) is 9.75. The molecule has 0 saturated heterocycles. The normalized spacial score (nSPS) is 13.0. The van der Waals surface area contributed by atoms with E-state index in [4.69, 9.17) is 0 Å². The Bertz CT molecular complexity index is 271. The van der Waals surface area contributed by atoms with Crippen LogP contribution in [0.15, 0.2) is 22.7 Å². The molecular formula is C10H13BrO. The fourth-order valence-corrected chi connectivity index (χ4v) is 1.59. The van der Waals surface area contributed by atoms with Gasteiger partial charge in [-0.3, -0.25) is 0 Å². The van der Waals surface area contributed by atoms with Gasteiger partial charge in [-0.1, -0.05) is 35.0 Å². The summed E-state index contributed by atoms with van der Waals surface area (Å²) in [6.07, 6.45) is 0.430. The number of hydrogen-bond acceptors (Lipinski definition) is 1. The second-order valence-electron chi connectivity index (χ2n) is 2.88. The SMILES string of the molecule is CCC(O)c1cccc(Br)c1C. The van der Waals surface area contributed by atoms with Gasteiger partial charge in [-0.15, -0.1) is 0 Å². The van der Waals surface area contributed by atoms with Crippen molar-refractivity contribution >= 4 is 15.9 Å². The molecule has 1 N–H and O–H groups in total. The van der Waals surface area contributed by atoms with Crippen molar-refractivity contribution in [2.75, 3.05) is 0 Å². The Kier molecular flexibility index (Phi) is 3.29. The molecule has 1 aromatic carbocycles. The molecule has 0 amide bonds. The summed E-state index contributed by atoms with van der Waals surface area (Å²) in [5.74, 6) is 0. The molecule has 1 aromatic rings. The van der Waals surface area contributed by atoms with Crippen LogP contribution in [0.25, 0.3) is 0 Å². The van der Waals surface area contributed by atoms with Crippen molar-refractivity contribution in [2.24, 2.45) is 0 Å². The molecule has 0 aliphatic carbocycles. The number of hydrogen-bond donors (Lipinski definition) is 1. The van der Waals surface area contributed by atoms with Crippen molar-refractivity contribution in [1.29, 1.82) is 0 Å². The Labute approximate surface area is 81.6 Å². The Balaban J connectivity index is 3.07. The van der Waals surface area contributed by atoms with Gasteiger partial charge in [0.25, 0.3) is 0 Å². The largest absolute Gasteiger partial charge is 0.388 e. The molecule has 0 spiro atoms. The standard InChI is InChI=1S/C10H13BrO/c1-3-10(12)8-5-4-6-9(11)7(8)2/h4-6,10,12H,3H2,1-2H3. The molecule has 0 radical (unpaired) electrons. The summed E-state index contributed by atoms with van der Waals surface area (Å²) in [7, 11) is 0. The van der Waals surface area contributed by atoms with Crippen LogP contribution in [0.5, 0.6) is 0 Å². The lowest BCUT2D eigenvalue weighted by atomic mass is 10.0. The minimum Gasteiger partial charge on any atom is -0.388 e. The van der Waals surface area contributed by atoms with Crippen molar-refractivity contribution < 1.29 is 5.11 Å². The van der Waals surface area contributed by atoms with Crippen LogP contribution in [0, 0.1) is 6.92 Å². The minimum atomic E-state index is -0.331. The molecule has 0 aliphatic rings. The van der Waals surface area contributed by atoms with Crippen LogP contribution in [-0.4, -0.2) is 5.11 Å². The Morgan fingerprint density at radius 2 is 2.17 bits per heavy atom. The molecule has 0 fully saturated rings. The van der Waals surface area contributed by atoms with Gasteiger partial charge in [-0.05, 0) is 30.5 Å². The molecule has 1 atom stereocenters. The van der Waals surface area contributed by atoms with Gasteiger partial charge in [0.1, 0.15) is 0 Å². The fourth-order valence-electron chi connectivity index (χ4n) is 1.21. The average Bonchev–Trinajstić information content (AvgIpc) is 2.08. The molecule has 0 bridgehead atoms. The summed E-state index contributed by atoms with van der Waals surface area (Å²) in [6.45, 7) is 3.99. The van der Waals surface area contributed by atoms with Crippen LogP contribution in [-0.2, 0) is 0 Å². The van der Waals surface area contributed by atoms with Gasteiger partial charge in [0.05, 0.1) is 6.10 Å². The third-order valence-corrected chi connectivity index (χ3v) is 2.91. The van der Waals surface area contributed by atoms with Crippen molar-refractivity contribution in [1.82, 2.24) is 0 Å². The maximum atomic E-state index is 9.61. The van der Waals surface area contributed by atoms with E-state index in [1.165, 1.54) is 0 Å². The maximum Gasteiger partial charge on any atom is 0.0790 e. The lowest BCUT2D eigenvalue weighted by Crippen LogP contribution is -1.98. The van der Waals surface area contributed by atoms with E-state index in [-0.39, 0.29) is 6.10 Å². The lowest BCUT2D eigenvalue weighted by Gasteiger charge is -2.12. The molecule has 1 nitrogen and oxygen atoms in total. The van der Waals surface area contributed by atoms with E-state index in [0.29, 0.717) is 0 Å². The van der Waals surface area contributed by atoms with Crippen molar-refractivity contribution in [3.8, 4) is 0 Å². The minimum absolute atomic E-state index is 0.331. The van der Waals surface area contributed by atoms with Gasteiger partial charge in [-0.2, -0.15) is 0 Å². The molecule has 0 aromatic heterocycles. The molecule has 2 heteroatoms. The lowest BCUT2D eigenvalue weighted by molar-refractivity contribution is 0.173. The van der Waals surface area contributed by atoms with E-state index in [2.05, 4.69) is 15.9 Å². The number of benzene rings is 1. The molecule has 0 heterocycles. The summed E-state index contributed by atoms with van der Waals surface area (Å²) < 4.78 is 1.06. The molecule has 0 aliphatic heterocycles. The summed E-state index contributed by atoms with van der Waals surface area (Å²) >= 11 is 3.43. The van der Waals surface area contributed by atoms with Gasteiger partial charge in [-0.25, -0.2) is 0 Å². The van der Waals surface area contributed by atoms with Gasteiger partial charge in [0.15, 0.2) is 0 Å². The maximum absolute atomic E-state index is 9.61. The van der Waals surface area contributed by atoms with Crippen LogP contribution < -0.4 is 0 Å². The molecule has 1 rings (SSSR count). The summed E-state index contributed by atoms with van der Waals surface area (Å²) in [6, 6.07) is 5.90. The summed E-state index contributed by atoms with van der Waals surface area (Å²) in [5, 5.41) is 9.61. The highest BCUT2D eigenvalue weighted by Crippen LogP contribution is 2.25. The van der Waals surface area contributed by atoms with E-state index in [0.717, 1.165) is 22.0 Å². The van der Waals surface area contributed by atoms with Crippen molar-refractivity contribution in [2.45, 2.75) is 26.4 Å². The summed E-state index contributed by atoms with van der Waals surface area (Å²) in [5.41, 5.74) is 2.15. The topological polar surface area (TPSA) is 20.2 Å². The second kappa shape index (κ2) is 4.06. The van der Waals surface area contributed by atoms with Crippen LogP contribution in [0.3, 0.4) is 0 Å². The van der Waals surface area contributed by atoms with Gasteiger partial charge < -0.3 is 5.11 Å². The number of halogens is 1. The monoisotopic (exact) mass is 228 g/mol. The Morgan fingerprint density at radius 3 is 2.75 bits per heavy atom. The van der Waals surface area contributed by atoms with E-state index >= 15 is 0 Å². The molecule has 1 unspecified atom stereocenters. The molecule has 66 valence electrons. The number of aliphatic hydroxyl groups excluding tert-OH is 1. The molecule has 12 heavy (non-hydrogen) atoms. The smallest absolute Gasteiger partial charge is 0.0790 e. The van der Waals surface area contributed by atoms with Gasteiger partial charge in [0.2, 0.25) is 0 Å². The number of aliphatic hydroxyl groups is 1. The van der Waals surface area contributed by atoms with E-state index < -0.39 is 0 Å². The third kappa shape index (κ3) is 1.87. The number of rotatable bonds is 2. The van der Waals surface area contributed by atoms with Crippen LogP contribution in [0.1, 0.15) is 30.6 Å². The first-order chi connectivity index (χ1) is 5.66. The highest BCUT2D eigenvalue weighted by Gasteiger charge is 2.08. The predicted octanol–water partition coefficient (Wildman–Crippen LogP) is 3.20. The highest BCUT2D eigenvalue weighted by molar-refractivity contribution is 9.10.